The van der Waals surface area contributed by atoms with Crippen LogP contribution in [-0.4, -0.2) is 9.38 Å². The largest absolute Gasteiger partial charge is 0.339 e. The van der Waals surface area contributed by atoms with Crippen LogP contribution in [0, 0.1) is 6.92 Å². The molecule has 1 aromatic carbocycles. The van der Waals surface area contributed by atoms with Crippen molar-refractivity contribution in [2.45, 2.75) is 6.92 Å². The third-order valence-corrected chi connectivity index (χ3v) is 2.50. The molecule has 0 radical (unpaired) electrons. The normalized spacial score (nSPS) is 11.5. The molecule has 0 aliphatic carbocycles. The summed E-state index contributed by atoms with van der Waals surface area (Å²) in [5.74, 6) is 0. The average Bonchev–Trinajstić information content (AvgIpc) is 2.67. The minimum absolute atomic E-state index is 1.20. The number of aryl methyl sites for hydroxylation is 1. The van der Waals surface area contributed by atoms with Gasteiger partial charge in [0, 0.05) is 6.20 Å². The van der Waals surface area contributed by atoms with E-state index in [1.807, 2.05) is 6.07 Å². The van der Waals surface area contributed by atoms with Gasteiger partial charge in [0.15, 0.2) is 0 Å². The zero-order valence-electron chi connectivity index (χ0n) is 7.41. The second-order valence-electron chi connectivity index (χ2n) is 3.36. The number of fused-ring (bicyclic) bond motifs is 3. The lowest BCUT2D eigenvalue weighted by Crippen LogP contribution is -1.74. The number of nitrogens with zero attached hydrogens (tertiary/aromatic N) is 1. The zero-order chi connectivity index (χ0) is 8.84. The van der Waals surface area contributed by atoms with E-state index in [1.54, 1.807) is 0 Å². The van der Waals surface area contributed by atoms with Gasteiger partial charge in [0.2, 0.25) is 0 Å². The average molecular weight is 170 g/mol. The maximum atomic E-state index is 3.39. The van der Waals surface area contributed by atoms with Gasteiger partial charge in [-0.2, -0.15) is 0 Å². The van der Waals surface area contributed by atoms with Crippen LogP contribution in [0.25, 0.3) is 16.7 Å². The standard InChI is InChI=1S/C11H10N2/c1-8-6-7-13-10-5-3-2-4-9(10)12-11(8)13/h2-7,12H,1H3. The minimum Gasteiger partial charge on any atom is -0.339 e. The van der Waals surface area contributed by atoms with E-state index < -0.39 is 0 Å². The van der Waals surface area contributed by atoms with E-state index in [2.05, 4.69) is 46.8 Å². The molecule has 13 heavy (non-hydrogen) atoms. The maximum Gasteiger partial charge on any atom is 0.118 e. The molecule has 2 aromatic heterocycles. The number of hydrogen-bond donors (Lipinski definition) is 1. The number of aromatic amines is 1. The Bertz CT molecular complexity index is 572. The van der Waals surface area contributed by atoms with E-state index in [9.17, 15) is 0 Å². The highest BCUT2D eigenvalue weighted by atomic mass is 15.0. The summed E-state index contributed by atoms with van der Waals surface area (Å²) in [6, 6.07) is 10.5. The summed E-state index contributed by atoms with van der Waals surface area (Å²) in [4.78, 5) is 3.39. The van der Waals surface area contributed by atoms with Gasteiger partial charge in [0.25, 0.3) is 0 Å². The van der Waals surface area contributed by atoms with Gasteiger partial charge in [-0.25, -0.2) is 0 Å². The van der Waals surface area contributed by atoms with Crippen LogP contribution in [0.5, 0.6) is 0 Å². The van der Waals surface area contributed by atoms with Crippen molar-refractivity contribution in [2.75, 3.05) is 0 Å². The Morgan fingerprint density at radius 2 is 2.00 bits per heavy atom. The molecule has 0 saturated carbocycles. The second kappa shape index (κ2) is 2.16. The summed E-state index contributed by atoms with van der Waals surface area (Å²) in [7, 11) is 0. The Balaban J connectivity index is 2.64. The summed E-state index contributed by atoms with van der Waals surface area (Å²) in [5.41, 5.74) is 4.92. The third kappa shape index (κ3) is 0.773. The quantitative estimate of drug-likeness (QED) is 0.535. The number of benzene rings is 1. The fourth-order valence-electron chi connectivity index (χ4n) is 1.81. The van der Waals surface area contributed by atoms with Crippen LogP contribution in [0.4, 0.5) is 0 Å². The van der Waals surface area contributed by atoms with Gasteiger partial charge in [0.1, 0.15) is 5.65 Å². The van der Waals surface area contributed by atoms with E-state index in [1.165, 1.54) is 22.2 Å². The molecule has 0 aliphatic heterocycles. The van der Waals surface area contributed by atoms with E-state index in [-0.39, 0.29) is 0 Å². The molecule has 2 heteroatoms. The molecule has 3 rings (SSSR count). The highest BCUT2D eigenvalue weighted by molar-refractivity contribution is 5.81. The van der Waals surface area contributed by atoms with Gasteiger partial charge < -0.3 is 9.38 Å². The Morgan fingerprint density at radius 3 is 2.92 bits per heavy atom. The molecule has 0 bridgehead atoms. The number of hydrogen-bond acceptors (Lipinski definition) is 0. The molecule has 3 aromatic rings. The molecule has 1 N–H and O–H groups in total. The van der Waals surface area contributed by atoms with Gasteiger partial charge in [-0.05, 0) is 30.7 Å². The number of H-pyrrole nitrogens is 1. The van der Waals surface area contributed by atoms with Crippen LogP contribution < -0.4 is 0 Å². The lowest BCUT2D eigenvalue weighted by Gasteiger charge is -1.87. The van der Waals surface area contributed by atoms with Gasteiger partial charge in [-0.3, -0.25) is 0 Å². The fraction of sp³-hybridized carbons (Fsp3) is 0.0909. The molecule has 2 nitrogen and oxygen atoms in total. The third-order valence-electron chi connectivity index (χ3n) is 2.50. The van der Waals surface area contributed by atoms with Crippen molar-refractivity contribution in [2.24, 2.45) is 0 Å². The van der Waals surface area contributed by atoms with E-state index in [4.69, 9.17) is 0 Å². The van der Waals surface area contributed by atoms with Crippen molar-refractivity contribution >= 4 is 16.7 Å². The van der Waals surface area contributed by atoms with Crippen LogP contribution >= 0.6 is 0 Å². The summed E-state index contributed by atoms with van der Waals surface area (Å²) in [6.45, 7) is 2.12. The summed E-state index contributed by atoms with van der Waals surface area (Å²) >= 11 is 0. The second-order valence-corrected chi connectivity index (χ2v) is 3.36. The molecular weight excluding hydrogens is 160 g/mol. The molecule has 0 unspecified atom stereocenters. The maximum absolute atomic E-state index is 3.39. The van der Waals surface area contributed by atoms with Crippen LogP contribution in [0.15, 0.2) is 36.5 Å². The van der Waals surface area contributed by atoms with Crippen molar-refractivity contribution < 1.29 is 0 Å². The molecule has 0 fully saturated rings. The number of aromatic nitrogens is 2. The van der Waals surface area contributed by atoms with Crippen molar-refractivity contribution in [3.63, 3.8) is 0 Å². The Kier molecular flexibility index (Phi) is 1.13. The van der Waals surface area contributed by atoms with Crippen molar-refractivity contribution in [1.82, 2.24) is 9.38 Å². The summed E-state index contributed by atoms with van der Waals surface area (Å²) < 4.78 is 2.19. The highest BCUT2D eigenvalue weighted by Gasteiger charge is 2.03. The zero-order valence-corrected chi connectivity index (χ0v) is 7.41. The predicted octanol–water partition coefficient (Wildman–Crippen LogP) is 2.73. The van der Waals surface area contributed by atoms with Gasteiger partial charge in [-0.1, -0.05) is 12.1 Å². The van der Waals surface area contributed by atoms with Gasteiger partial charge in [-0.15, -0.1) is 0 Å². The van der Waals surface area contributed by atoms with Crippen LogP contribution in [0.1, 0.15) is 5.56 Å². The molecule has 0 amide bonds. The number of imidazole rings is 1. The number of nitrogens with one attached hydrogen (secondary N) is 1. The predicted molar refractivity (Wildman–Crippen MR) is 54.0 cm³/mol. The monoisotopic (exact) mass is 170 g/mol. The molecule has 0 aliphatic rings. The van der Waals surface area contributed by atoms with Crippen molar-refractivity contribution in [1.29, 1.82) is 0 Å². The first-order valence-corrected chi connectivity index (χ1v) is 4.40. The van der Waals surface area contributed by atoms with Gasteiger partial charge in [0.05, 0.1) is 11.0 Å². The molecule has 64 valence electrons. The first-order valence-electron chi connectivity index (χ1n) is 4.40. The van der Waals surface area contributed by atoms with Crippen molar-refractivity contribution in [3.8, 4) is 0 Å². The lowest BCUT2D eigenvalue weighted by molar-refractivity contribution is 1.27. The fourth-order valence-corrected chi connectivity index (χ4v) is 1.81. The first kappa shape index (κ1) is 6.78. The number of rotatable bonds is 0. The summed E-state index contributed by atoms with van der Waals surface area (Å²) in [5, 5.41) is 0. The SMILES string of the molecule is Cc1ccn2c1[nH]c1ccccc12. The van der Waals surface area contributed by atoms with Gasteiger partial charge >= 0.3 is 0 Å². The Hall–Kier alpha value is -1.70. The molecular formula is C11H10N2. The van der Waals surface area contributed by atoms with E-state index >= 15 is 0 Å². The van der Waals surface area contributed by atoms with Crippen LogP contribution in [0.2, 0.25) is 0 Å². The number of para-hydroxylation sites is 2. The molecule has 0 saturated heterocycles. The lowest BCUT2D eigenvalue weighted by atomic mass is 10.3. The molecule has 2 heterocycles. The topological polar surface area (TPSA) is 20.2 Å². The summed E-state index contributed by atoms with van der Waals surface area (Å²) in [6.07, 6.45) is 2.10. The Labute approximate surface area is 75.8 Å². The Morgan fingerprint density at radius 1 is 1.15 bits per heavy atom. The smallest absolute Gasteiger partial charge is 0.118 e. The van der Waals surface area contributed by atoms with Crippen LogP contribution in [0.3, 0.4) is 0 Å². The van der Waals surface area contributed by atoms with Crippen LogP contribution in [-0.2, 0) is 0 Å². The first-order chi connectivity index (χ1) is 6.36. The van der Waals surface area contributed by atoms with E-state index in [0.717, 1.165) is 0 Å². The van der Waals surface area contributed by atoms with E-state index in [0.29, 0.717) is 0 Å². The minimum atomic E-state index is 1.20. The van der Waals surface area contributed by atoms with Crippen molar-refractivity contribution in [3.05, 3.63) is 42.1 Å². The molecule has 0 spiro atoms. The molecule has 0 atom stereocenters. The highest BCUT2D eigenvalue weighted by Crippen LogP contribution is 2.19.